The second-order valence-corrected chi connectivity index (χ2v) is 8.47. The first kappa shape index (κ1) is 20.7. The Labute approximate surface area is 176 Å². The van der Waals surface area contributed by atoms with Gasteiger partial charge >= 0.3 is 0 Å². The van der Waals surface area contributed by atoms with E-state index in [2.05, 4.69) is 13.8 Å². The summed E-state index contributed by atoms with van der Waals surface area (Å²) >= 11 is 0. The number of hydrogen-bond donors (Lipinski definition) is 4. The van der Waals surface area contributed by atoms with Crippen molar-refractivity contribution in [3.63, 3.8) is 0 Å². The van der Waals surface area contributed by atoms with Gasteiger partial charge in [-0.05, 0) is 30.5 Å². The van der Waals surface area contributed by atoms with Crippen molar-refractivity contribution in [2.45, 2.75) is 76.6 Å². The lowest BCUT2D eigenvalue weighted by Gasteiger charge is -2.48. The van der Waals surface area contributed by atoms with E-state index in [0.29, 0.717) is 17.7 Å². The number of phenols is 4. The zero-order valence-corrected chi connectivity index (χ0v) is 17.5. The van der Waals surface area contributed by atoms with E-state index in [1.807, 2.05) is 0 Å². The van der Waals surface area contributed by atoms with Crippen LogP contribution in [0.15, 0.2) is 24.3 Å². The fourth-order valence-corrected chi connectivity index (χ4v) is 4.83. The van der Waals surface area contributed by atoms with Gasteiger partial charge in [-0.1, -0.05) is 39.5 Å². The van der Waals surface area contributed by atoms with Crippen LogP contribution in [0.25, 0.3) is 0 Å². The van der Waals surface area contributed by atoms with Crippen LogP contribution in [0.3, 0.4) is 0 Å². The molecule has 0 saturated heterocycles. The van der Waals surface area contributed by atoms with E-state index >= 15 is 0 Å². The summed E-state index contributed by atoms with van der Waals surface area (Å²) in [6.07, 6.45) is 5.17. The summed E-state index contributed by atoms with van der Waals surface area (Å²) in [4.78, 5) is 0. The Hall–Kier alpha value is -2.60. The second-order valence-electron chi connectivity index (χ2n) is 8.47. The third-order valence-corrected chi connectivity index (χ3v) is 6.36. The number of phenolic OH excluding ortho intramolecular Hbond substituents is 4. The number of unbranched alkanes of at least 4 members (excludes halogenated alkanes) is 2. The van der Waals surface area contributed by atoms with Crippen LogP contribution in [-0.4, -0.2) is 26.5 Å². The van der Waals surface area contributed by atoms with Crippen molar-refractivity contribution in [1.82, 2.24) is 0 Å². The minimum atomic E-state index is -0.582. The lowest BCUT2D eigenvalue weighted by atomic mass is 9.75. The standard InChI is InChI=1S/C24H30O6/c1-3-5-7-24(8-6-4-2)17-13-20(28)19(27)11-15(17)23-22(30-24)12-16-18(26)9-14(25)10-21(16)29-23/h9-11,13,22-23,25-28H,3-8,12H2,1-2H3/t22-,23+/m0/s1. The molecule has 0 spiro atoms. The number of hydrogen-bond acceptors (Lipinski definition) is 6. The fraction of sp³-hybridized carbons (Fsp3) is 0.500. The third kappa shape index (κ3) is 3.43. The maximum absolute atomic E-state index is 10.3. The predicted octanol–water partition coefficient (Wildman–Crippen LogP) is 5.16. The summed E-state index contributed by atoms with van der Waals surface area (Å²) in [5.74, 6) is -0.0397. The van der Waals surface area contributed by atoms with E-state index in [1.54, 1.807) is 12.1 Å². The Kier molecular flexibility index (Phi) is 5.45. The van der Waals surface area contributed by atoms with Gasteiger partial charge in [-0.25, -0.2) is 0 Å². The monoisotopic (exact) mass is 414 g/mol. The van der Waals surface area contributed by atoms with E-state index in [1.165, 1.54) is 12.1 Å². The first-order valence-corrected chi connectivity index (χ1v) is 10.8. The number of fused-ring (bicyclic) bond motifs is 4. The van der Waals surface area contributed by atoms with Gasteiger partial charge in [0.1, 0.15) is 23.4 Å². The normalized spacial score (nSPS) is 21.3. The summed E-state index contributed by atoms with van der Waals surface area (Å²) < 4.78 is 12.9. The Morgan fingerprint density at radius 1 is 0.900 bits per heavy atom. The first-order valence-electron chi connectivity index (χ1n) is 10.8. The molecule has 0 aliphatic carbocycles. The van der Waals surface area contributed by atoms with Gasteiger partial charge in [0.25, 0.3) is 0 Å². The highest BCUT2D eigenvalue weighted by molar-refractivity contribution is 5.54. The first-order chi connectivity index (χ1) is 14.4. The van der Waals surface area contributed by atoms with Gasteiger partial charge in [0.15, 0.2) is 17.6 Å². The van der Waals surface area contributed by atoms with Crippen molar-refractivity contribution in [3.8, 4) is 28.7 Å². The van der Waals surface area contributed by atoms with E-state index in [4.69, 9.17) is 9.47 Å². The molecule has 0 aromatic heterocycles. The number of ether oxygens (including phenoxy) is 2. The van der Waals surface area contributed by atoms with Crippen molar-refractivity contribution in [2.24, 2.45) is 0 Å². The molecule has 0 radical (unpaired) electrons. The maximum atomic E-state index is 10.3. The molecule has 0 amide bonds. The molecule has 0 saturated carbocycles. The second kappa shape index (κ2) is 7.91. The Balaban J connectivity index is 1.85. The van der Waals surface area contributed by atoms with Gasteiger partial charge in [-0.3, -0.25) is 0 Å². The zero-order valence-electron chi connectivity index (χ0n) is 17.5. The highest BCUT2D eigenvalue weighted by Gasteiger charge is 2.48. The minimum absolute atomic E-state index is 0.0147. The van der Waals surface area contributed by atoms with Crippen LogP contribution in [0.4, 0.5) is 0 Å². The molecule has 6 heteroatoms. The average molecular weight is 414 g/mol. The molecule has 162 valence electrons. The zero-order chi connectivity index (χ0) is 21.5. The topological polar surface area (TPSA) is 99.4 Å². The van der Waals surface area contributed by atoms with Crippen LogP contribution in [0, 0.1) is 0 Å². The molecule has 2 heterocycles. The van der Waals surface area contributed by atoms with E-state index in [-0.39, 0.29) is 29.1 Å². The highest BCUT2D eigenvalue weighted by Crippen LogP contribution is 2.54. The molecule has 2 aliphatic heterocycles. The van der Waals surface area contributed by atoms with E-state index in [9.17, 15) is 20.4 Å². The molecule has 4 N–H and O–H groups in total. The van der Waals surface area contributed by atoms with Gasteiger partial charge < -0.3 is 29.9 Å². The molecule has 30 heavy (non-hydrogen) atoms. The summed E-state index contributed by atoms with van der Waals surface area (Å²) in [5.41, 5.74) is 1.68. The summed E-state index contributed by atoms with van der Waals surface area (Å²) in [6, 6.07) is 5.99. The Bertz CT molecular complexity index is 930. The van der Waals surface area contributed by atoms with Gasteiger partial charge in [-0.2, -0.15) is 0 Å². The van der Waals surface area contributed by atoms with Crippen LogP contribution in [0.5, 0.6) is 28.7 Å². The number of benzene rings is 2. The van der Waals surface area contributed by atoms with Gasteiger partial charge in [0, 0.05) is 29.7 Å². The molecule has 2 atom stereocenters. The largest absolute Gasteiger partial charge is 0.508 e. The molecule has 0 unspecified atom stereocenters. The van der Waals surface area contributed by atoms with Crippen LogP contribution in [0.1, 0.15) is 75.2 Å². The van der Waals surface area contributed by atoms with Crippen molar-refractivity contribution >= 4 is 0 Å². The van der Waals surface area contributed by atoms with Gasteiger partial charge in [0.2, 0.25) is 0 Å². The van der Waals surface area contributed by atoms with Crippen molar-refractivity contribution in [1.29, 1.82) is 0 Å². The molecular formula is C24H30O6. The van der Waals surface area contributed by atoms with Crippen LogP contribution >= 0.6 is 0 Å². The SMILES string of the molecule is CCCCC1(CCCC)O[C@H]2Cc3c(O)cc(O)cc3O[C@@H]2c2cc(O)c(O)cc21. The Morgan fingerprint density at radius 2 is 1.57 bits per heavy atom. The van der Waals surface area contributed by atoms with Crippen LogP contribution in [-0.2, 0) is 16.8 Å². The molecule has 4 rings (SSSR count). The maximum Gasteiger partial charge on any atom is 0.157 e. The summed E-state index contributed by atoms with van der Waals surface area (Å²) in [5, 5.41) is 40.7. The predicted molar refractivity (Wildman–Crippen MR) is 112 cm³/mol. The van der Waals surface area contributed by atoms with Crippen molar-refractivity contribution in [2.75, 3.05) is 0 Å². The van der Waals surface area contributed by atoms with E-state index in [0.717, 1.165) is 49.7 Å². The Morgan fingerprint density at radius 3 is 2.23 bits per heavy atom. The van der Waals surface area contributed by atoms with Crippen LogP contribution in [0.2, 0.25) is 0 Å². The molecule has 2 aromatic rings. The third-order valence-electron chi connectivity index (χ3n) is 6.36. The molecule has 0 fully saturated rings. The number of aromatic hydroxyl groups is 4. The molecule has 6 nitrogen and oxygen atoms in total. The average Bonchev–Trinajstić information content (AvgIpc) is 2.71. The lowest BCUT2D eigenvalue weighted by Crippen LogP contribution is -2.47. The van der Waals surface area contributed by atoms with Crippen LogP contribution < -0.4 is 4.74 Å². The van der Waals surface area contributed by atoms with E-state index < -0.39 is 11.7 Å². The number of rotatable bonds is 6. The molecule has 2 aliphatic rings. The summed E-state index contributed by atoms with van der Waals surface area (Å²) in [7, 11) is 0. The minimum Gasteiger partial charge on any atom is -0.508 e. The quantitative estimate of drug-likeness (QED) is 0.487. The highest BCUT2D eigenvalue weighted by atomic mass is 16.6. The van der Waals surface area contributed by atoms with Gasteiger partial charge in [0.05, 0.1) is 5.60 Å². The molecule has 0 bridgehead atoms. The van der Waals surface area contributed by atoms with Gasteiger partial charge in [-0.15, -0.1) is 0 Å². The molecular weight excluding hydrogens is 384 g/mol. The lowest BCUT2D eigenvalue weighted by molar-refractivity contribution is -0.166. The van der Waals surface area contributed by atoms with Crippen molar-refractivity contribution < 1.29 is 29.9 Å². The summed E-state index contributed by atoms with van der Waals surface area (Å²) in [6.45, 7) is 4.28. The smallest absolute Gasteiger partial charge is 0.157 e. The fourth-order valence-electron chi connectivity index (χ4n) is 4.83. The van der Waals surface area contributed by atoms with Crippen molar-refractivity contribution in [3.05, 3.63) is 41.0 Å². The molecule has 2 aromatic carbocycles.